The monoisotopic (exact) mass is 298 g/mol. The largest absolute Gasteiger partial charge is 0.313 e. The summed E-state index contributed by atoms with van der Waals surface area (Å²) in [6.45, 7) is 6.08. The first kappa shape index (κ1) is 14.1. The van der Waals surface area contributed by atoms with Crippen LogP contribution in [-0.2, 0) is 6.54 Å². The first-order chi connectivity index (χ1) is 10.3. The van der Waals surface area contributed by atoms with Gasteiger partial charge >= 0.3 is 0 Å². The average molecular weight is 298 g/mol. The van der Waals surface area contributed by atoms with E-state index in [1.807, 2.05) is 28.8 Å². The fourth-order valence-corrected chi connectivity index (χ4v) is 3.12. The van der Waals surface area contributed by atoms with Crippen molar-refractivity contribution in [2.24, 2.45) is 0 Å². The molecule has 1 N–H and O–H groups in total. The highest BCUT2D eigenvalue weighted by molar-refractivity contribution is 7.99. The van der Waals surface area contributed by atoms with Gasteiger partial charge in [-0.15, -0.1) is 10.2 Å². The molecule has 0 aliphatic heterocycles. The molecule has 1 aromatic carbocycles. The van der Waals surface area contributed by atoms with Crippen LogP contribution in [0.4, 0.5) is 0 Å². The van der Waals surface area contributed by atoms with E-state index in [1.54, 1.807) is 11.8 Å². The number of aromatic nitrogens is 3. The van der Waals surface area contributed by atoms with Gasteiger partial charge in [0.25, 0.3) is 0 Å². The number of fused-ring (bicyclic) bond motifs is 1. The van der Waals surface area contributed by atoms with E-state index in [9.17, 15) is 0 Å². The molecule has 0 radical (unpaired) electrons. The van der Waals surface area contributed by atoms with Gasteiger partial charge in [0, 0.05) is 17.6 Å². The predicted octanol–water partition coefficient (Wildman–Crippen LogP) is 3.30. The second kappa shape index (κ2) is 6.28. The Balaban J connectivity index is 1.93. The minimum Gasteiger partial charge on any atom is -0.313 e. The molecule has 0 amide bonds. The van der Waals surface area contributed by atoms with Gasteiger partial charge in [-0.2, -0.15) is 0 Å². The van der Waals surface area contributed by atoms with Crippen molar-refractivity contribution in [1.82, 2.24) is 19.9 Å². The van der Waals surface area contributed by atoms with Gasteiger partial charge in [0.05, 0.1) is 0 Å². The lowest BCUT2D eigenvalue weighted by Crippen LogP contribution is -2.12. The summed E-state index contributed by atoms with van der Waals surface area (Å²) in [6, 6.07) is 12.5. The lowest BCUT2D eigenvalue weighted by atomic mass is 10.1. The van der Waals surface area contributed by atoms with E-state index in [1.165, 1.54) is 16.0 Å². The first-order valence-electron chi connectivity index (χ1n) is 7.06. The van der Waals surface area contributed by atoms with Gasteiger partial charge in [-0.1, -0.05) is 30.7 Å². The van der Waals surface area contributed by atoms with Crippen LogP contribution in [0, 0.1) is 6.92 Å². The number of nitrogens with one attached hydrogen (secondary N) is 1. The molecular formula is C16H18N4S. The maximum atomic E-state index is 4.29. The molecule has 0 bridgehead atoms. The normalized spacial score (nSPS) is 11.1. The summed E-state index contributed by atoms with van der Waals surface area (Å²) < 4.78 is 2.02. The summed E-state index contributed by atoms with van der Waals surface area (Å²) in [5, 5.41) is 12.8. The first-order valence-corrected chi connectivity index (χ1v) is 7.87. The van der Waals surface area contributed by atoms with Crippen molar-refractivity contribution < 1.29 is 0 Å². The van der Waals surface area contributed by atoms with Crippen molar-refractivity contribution >= 4 is 17.4 Å². The van der Waals surface area contributed by atoms with Crippen LogP contribution < -0.4 is 5.32 Å². The Bertz CT molecular complexity index is 751. The lowest BCUT2D eigenvalue weighted by Gasteiger charge is -2.10. The Labute approximate surface area is 128 Å². The fraction of sp³-hybridized carbons (Fsp3) is 0.250. The lowest BCUT2D eigenvalue weighted by molar-refractivity contribution is 0.717. The molecule has 0 aliphatic rings. The summed E-state index contributed by atoms with van der Waals surface area (Å²) in [5.74, 6) is 0. The number of pyridine rings is 1. The van der Waals surface area contributed by atoms with Crippen LogP contribution in [0.25, 0.3) is 5.65 Å². The molecule has 3 rings (SSSR count). The molecule has 5 heteroatoms. The molecule has 0 aliphatic carbocycles. The molecule has 0 fully saturated rings. The predicted molar refractivity (Wildman–Crippen MR) is 85.7 cm³/mol. The Morgan fingerprint density at radius 2 is 2.10 bits per heavy atom. The Hall–Kier alpha value is -1.85. The quantitative estimate of drug-likeness (QED) is 0.785. The van der Waals surface area contributed by atoms with Gasteiger partial charge in [-0.25, -0.2) is 0 Å². The third-order valence-corrected chi connectivity index (χ3v) is 4.34. The Kier molecular flexibility index (Phi) is 4.22. The minimum absolute atomic E-state index is 0.872. The van der Waals surface area contributed by atoms with E-state index >= 15 is 0 Å². The van der Waals surface area contributed by atoms with Crippen molar-refractivity contribution in [2.75, 3.05) is 6.54 Å². The van der Waals surface area contributed by atoms with Crippen LogP contribution in [-0.4, -0.2) is 21.1 Å². The molecule has 0 saturated heterocycles. The summed E-state index contributed by atoms with van der Waals surface area (Å²) in [7, 11) is 0. The van der Waals surface area contributed by atoms with Crippen molar-refractivity contribution in [2.45, 2.75) is 30.4 Å². The molecule has 2 aromatic heterocycles. The van der Waals surface area contributed by atoms with Gasteiger partial charge < -0.3 is 5.32 Å². The topological polar surface area (TPSA) is 42.2 Å². The number of hydrogen-bond acceptors (Lipinski definition) is 4. The molecule has 0 atom stereocenters. The van der Waals surface area contributed by atoms with Crippen LogP contribution in [0.5, 0.6) is 0 Å². The summed E-state index contributed by atoms with van der Waals surface area (Å²) in [5.41, 5.74) is 3.45. The van der Waals surface area contributed by atoms with Gasteiger partial charge in [-0.05, 0) is 49.0 Å². The Morgan fingerprint density at radius 3 is 2.95 bits per heavy atom. The zero-order valence-corrected chi connectivity index (χ0v) is 13.0. The number of hydrogen-bond donors (Lipinski definition) is 1. The third-order valence-electron chi connectivity index (χ3n) is 3.27. The molecule has 2 heterocycles. The second-order valence-electron chi connectivity index (χ2n) is 4.90. The van der Waals surface area contributed by atoms with Gasteiger partial charge in [-0.3, -0.25) is 4.40 Å². The highest BCUT2D eigenvalue weighted by Crippen LogP contribution is 2.30. The maximum Gasteiger partial charge on any atom is 0.200 e. The van der Waals surface area contributed by atoms with Crippen molar-refractivity contribution in [3.05, 3.63) is 53.7 Å². The van der Waals surface area contributed by atoms with Crippen LogP contribution in [0.1, 0.15) is 18.1 Å². The molecule has 4 nitrogen and oxygen atoms in total. The molecule has 108 valence electrons. The van der Waals surface area contributed by atoms with E-state index in [0.29, 0.717) is 0 Å². The van der Waals surface area contributed by atoms with Crippen molar-refractivity contribution in [3.8, 4) is 0 Å². The van der Waals surface area contributed by atoms with Gasteiger partial charge in [0.2, 0.25) is 0 Å². The number of rotatable bonds is 5. The molecule has 0 unspecified atom stereocenters. The SMILES string of the molecule is CCNCc1cc(C)ccc1Sc1nnc2ccccn12. The minimum atomic E-state index is 0.872. The van der Waals surface area contributed by atoms with E-state index in [2.05, 4.69) is 47.6 Å². The van der Waals surface area contributed by atoms with Crippen LogP contribution in [0.15, 0.2) is 52.6 Å². The Morgan fingerprint density at radius 1 is 1.19 bits per heavy atom. The van der Waals surface area contributed by atoms with E-state index < -0.39 is 0 Å². The highest BCUT2D eigenvalue weighted by atomic mass is 32.2. The molecule has 21 heavy (non-hydrogen) atoms. The van der Waals surface area contributed by atoms with Gasteiger partial charge in [0.1, 0.15) is 0 Å². The molecule has 3 aromatic rings. The number of nitrogens with zero attached hydrogens (tertiary/aromatic N) is 3. The zero-order valence-electron chi connectivity index (χ0n) is 12.2. The fourth-order valence-electron chi connectivity index (χ4n) is 2.19. The van der Waals surface area contributed by atoms with Crippen molar-refractivity contribution in [1.29, 1.82) is 0 Å². The van der Waals surface area contributed by atoms with E-state index in [-0.39, 0.29) is 0 Å². The van der Waals surface area contributed by atoms with Crippen LogP contribution >= 0.6 is 11.8 Å². The highest BCUT2D eigenvalue weighted by Gasteiger charge is 2.10. The van der Waals surface area contributed by atoms with Crippen LogP contribution in [0.2, 0.25) is 0 Å². The number of benzene rings is 1. The summed E-state index contributed by atoms with van der Waals surface area (Å²) >= 11 is 1.66. The molecular weight excluding hydrogens is 280 g/mol. The van der Waals surface area contributed by atoms with Crippen LogP contribution in [0.3, 0.4) is 0 Å². The standard InChI is InChI=1S/C16H18N4S/c1-3-17-11-13-10-12(2)7-8-14(13)21-16-19-18-15-6-4-5-9-20(15)16/h4-10,17H,3,11H2,1-2H3. The smallest absolute Gasteiger partial charge is 0.200 e. The number of aryl methyl sites for hydroxylation is 1. The summed E-state index contributed by atoms with van der Waals surface area (Å²) in [6.07, 6.45) is 2.00. The third kappa shape index (κ3) is 3.09. The average Bonchev–Trinajstić information content (AvgIpc) is 2.91. The van der Waals surface area contributed by atoms with E-state index in [4.69, 9.17) is 0 Å². The molecule has 0 saturated carbocycles. The zero-order chi connectivity index (χ0) is 14.7. The van der Waals surface area contributed by atoms with E-state index in [0.717, 1.165) is 23.9 Å². The van der Waals surface area contributed by atoms with Gasteiger partial charge in [0.15, 0.2) is 10.8 Å². The van der Waals surface area contributed by atoms with Crippen molar-refractivity contribution in [3.63, 3.8) is 0 Å². The second-order valence-corrected chi connectivity index (χ2v) is 5.91. The maximum absolute atomic E-state index is 4.29. The summed E-state index contributed by atoms with van der Waals surface area (Å²) in [4.78, 5) is 1.22. The molecule has 0 spiro atoms.